The van der Waals surface area contributed by atoms with Crippen LogP contribution in [0.3, 0.4) is 0 Å². The first-order chi connectivity index (χ1) is 13.8. The topological polar surface area (TPSA) is 103 Å². The molecule has 0 aromatic carbocycles. The van der Waals surface area contributed by atoms with E-state index in [4.69, 9.17) is 4.74 Å². The highest BCUT2D eigenvalue weighted by molar-refractivity contribution is 7.99. The first-order valence-corrected chi connectivity index (χ1v) is 10.2. The lowest BCUT2D eigenvalue weighted by molar-refractivity contribution is 0.0522. The minimum Gasteiger partial charge on any atom is -0.462 e. The van der Waals surface area contributed by atoms with Gasteiger partial charge in [0.1, 0.15) is 5.03 Å². The third-order valence-electron chi connectivity index (χ3n) is 4.34. The molecule has 0 saturated carbocycles. The number of Topliss-reactive ketones (excluding diaryl/α,β-unsaturated/α-hetero) is 1. The van der Waals surface area contributed by atoms with Gasteiger partial charge in [0.15, 0.2) is 11.6 Å². The molecule has 0 fully saturated rings. The first kappa shape index (κ1) is 20.8. The molecule has 0 bridgehead atoms. The summed E-state index contributed by atoms with van der Waals surface area (Å²) in [6, 6.07) is 5.58. The number of ketones is 1. The lowest BCUT2D eigenvalue weighted by Gasteiger charge is -2.06. The zero-order valence-corrected chi connectivity index (χ0v) is 17.9. The van der Waals surface area contributed by atoms with Gasteiger partial charge in [0, 0.05) is 17.1 Å². The SMILES string of the molecule is CCOC(=O)c1c(C)[nH]c(C)c1C(=O)CSc1ccc(-n2nc(C)cc2C)nn1. The predicted octanol–water partition coefficient (Wildman–Crippen LogP) is 3.38. The number of rotatable bonds is 7. The van der Waals surface area contributed by atoms with E-state index in [1.165, 1.54) is 11.8 Å². The van der Waals surface area contributed by atoms with Crippen molar-refractivity contribution in [1.82, 2.24) is 25.0 Å². The highest BCUT2D eigenvalue weighted by Crippen LogP contribution is 2.24. The number of hydrogen-bond acceptors (Lipinski definition) is 7. The molecule has 0 saturated heterocycles. The van der Waals surface area contributed by atoms with E-state index in [2.05, 4.69) is 20.3 Å². The second-order valence-electron chi connectivity index (χ2n) is 6.63. The number of ether oxygens (including phenoxy) is 1. The van der Waals surface area contributed by atoms with Gasteiger partial charge in [-0.05, 0) is 52.8 Å². The number of thioether (sulfide) groups is 1. The quantitative estimate of drug-likeness (QED) is 0.360. The van der Waals surface area contributed by atoms with Crippen LogP contribution in [0.5, 0.6) is 0 Å². The summed E-state index contributed by atoms with van der Waals surface area (Å²) in [4.78, 5) is 28.1. The molecule has 0 radical (unpaired) electrons. The van der Waals surface area contributed by atoms with Crippen molar-refractivity contribution in [1.29, 1.82) is 0 Å². The van der Waals surface area contributed by atoms with Crippen LogP contribution < -0.4 is 0 Å². The van der Waals surface area contributed by atoms with Crippen LogP contribution in [0.4, 0.5) is 0 Å². The number of esters is 1. The summed E-state index contributed by atoms with van der Waals surface area (Å²) in [6.45, 7) is 9.39. The van der Waals surface area contributed by atoms with Gasteiger partial charge in [-0.3, -0.25) is 4.79 Å². The Morgan fingerprint density at radius 3 is 2.41 bits per heavy atom. The molecule has 0 spiro atoms. The fourth-order valence-corrected chi connectivity index (χ4v) is 3.85. The van der Waals surface area contributed by atoms with E-state index in [1.54, 1.807) is 31.5 Å². The number of hydrogen-bond donors (Lipinski definition) is 1. The van der Waals surface area contributed by atoms with Crippen molar-refractivity contribution in [2.75, 3.05) is 12.4 Å². The number of carbonyl (C=O) groups excluding carboxylic acids is 2. The third kappa shape index (κ3) is 4.40. The molecule has 0 aliphatic carbocycles. The zero-order chi connectivity index (χ0) is 21.1. The molecular formula is C20H23N5O3S. The Bertz CT molecular complexity index is 1050. The maximum Gasteiger partial charge on any atom is 0.340 e. The van der Waals surface area contributed by atoms with Crippen molar-refractivity contribution in [2.45, 2.75) is 39.6 Å². The van der Waals surface area contributed by atoms with Crippen LogP contribution in [0, 0.1) is 27.7 Å². The first-order valence-electron chi connectivity index (χ1n) is 9.21. The molecule has 9 heteroatoms. The maximum absolute atomic E-state index is 12.8. The third-order valence-corrected chi connectivity index (χ3v) is 5.26. The van der Waals surface area contributed by atoms with Gasteiger partial charge in [-0.1, -0.05) is 11.8 Å². The summed E-state index contributed by atoms with van der Waals surface area (Å²) in [5.41, 5.74) is 3.84. The van der Waals surface area contributed by atoms with Crippen LogP contribution in [-0.4, -0.2) is 49.1 Å². The molecule has 8 nitrogen and oxygen atoms in total. The smallest absolute Gasteiger partial charge is 0.340 e. The molecule has 29 heavy (non-hydrogen) atoms. The molecule has 152 valence electrons. The molecule has 3 aromatic rings. The van der Waals surface area contributed by atoms with E-state index in [9.17, 15) is 9.59 Å². The summed E-state index contributed by atoms with van der Waals surface area (Å²) >= 11 is 1.27. The molecule has 1 N–H and O–H groups in total. The normalized spacial score (nSPS) is 10.9. The van der Waals surface area contributed by atoms with Crippen molar-refractivity contribution in [3.8, 4) is 5.82 Å². The van der Waals surface area contributed by atoms with E-state index in [0.29, 0.717) is 33.4 Å². The number of carbonyl (C=O) groups is 2. The van der Waals surface area contributed by atoms with Crippen LogP contribution in [-0.2, 0) is 4.74 Å². The monoisotopic (exact) mass is 413 g/mol. The highest BCUT2D eigenvalue weighted by Gasteiger charge is 2.25. The number of aromatic nitrogens is 5. The Kier molecular flexibility index (Phi) is 6.17. The minimum absolute atomic E-state index is 0.137. The van der Waals surface area contributed by atoms with Gasteiger partial charge in [-0.25, -0.2) is 9.48 Å². The molecule has 0 unspecified atom stereocenters. The highest BCUT2D eigenvalue weighted by atomic mass is 32.2. The molecule has 0 atom stereocenters. The van der Waals surface area contributed by atoms with Crippen molar-refractivity contribution in [3.05, 3.63) is 52.1 Å². The van der Waals surface area contributed by atoms with Gasteiger partial charge in [-0.15, -0.1) is 10.2 Å². The van der Waals surface area contributed by atoms with E-state index in [-0.39, 0.29) is 18.1 Å². The Balaban J connectivity index is 1.73. The second-order valence-corrected chi connectivity index (χ2v) is 7.62. The Morgan fingerprint density at radius 1 is 1.10 bits per heavy atom. The van der Waals surface area contributed by atoms with Gasteiger partial charge < -0.3 is 9.72 Å². The largest absolute Gasteiger partial charge is 0.462 e. The Labute approximate surface area is 173 Å². The van der Waals surface area contributed by atoms with Gasteiger partial charge >= 0.3 is 5.97 Å². The standard InChI is InChI=1S/C20H23N5O3S/c1-6-28-20(27)19-14(5)21-13(4)18(19)15(26)10-29-17-8-7-16(22-23-17)25-12(3)9-11(2)24-25/h7-9,21H,6,10H2,1-5H3. The average molecular weight is 414 g/mol. The van der Waals surface area contributed by atoms with Crippen LogP contribution in [0.2, 0.25) is 0 Å². The molecule has 3 aromatic heterocycles. The van der Waals surface area contributed by atoms with Crippen LogP contribution in [0.25, 0.3) is 5.82 Å². The predicted molar refractivity (Wildman–Crippen MR) is 110 cm³/mol. The van der Waals surface area contributed by atoms with Crippen LogP contribution >= 0.6 is 11.8 Å². The Hall–Kier alpha value is -2.94. The summed E-state index contributed by atoms with van der Waals surface area (Å²) in [5.74, 6) is 0.104. The molecule has 0 amide bonds. The summed E-state index contributed by atoms with van der Waals surface area (Å²) in [7, 11) is 0. The lowest BCUT2D eigenvalue weighted by Crippen LogP contribution is -2.13. The van der Waals surface area contributed by atoms with Crippen LogP contribution in [0.15, 0.2) is 23.2 Å². The molecule has 0 aliphatic heterocycles. The minimum atomic E-state index is -0.489. The van der Waals surface area contributed by atoms with E-state index in [0.717, 1.165) is 11.4 Å². The number of aromatic amines is 1. The fourth-order valence-electron chi connectivity index (χ4n) is 3.16. The van der Waals surface area contributed by atoms with Crippen molar-refractivity contribution < 1.29 is 14.3 Å². The second kappa shape index (κ2) is 8.60. The van der Waals surface area contributed by atoms with Crippen molar-refractivity contribution in [3.63, 3.8) is 0 Å². The lowest BCUT2D eigenvalue weighted by atomic mass is 10.1. The molecule has 3 rings (SSSR count). The molecule has 0 aliphatic rings. The van der Waals surface area contributed by atoms with E-state index < -0.39 is 5.97 Å². The molecule has 3 heterocycles. The summed E-state index contributed by atoms with van der Waals surface area (Å²) < 4.78 is 6.82. The van der Waals surface area contributed by atoms with Gasteiger partial charge in [0.2, 0.25) is 0 Å². The average Bonchev–Trinajstić information content (AvgIpc) is 3.17. The number of aryl methyl sites for hydroxylation is 4. The fraction of sp³-hybridized carbons (Fsp3) is 0.350. The number of nitrogens with one attached hydrogen (secondary N) is 1. The zero-order valence-electron chi connectivity index (χ0n) is 17.1. The Morgan fingerprint density at radius 2 is 1.83 bits per heavy atom. The summed E-state index contributed by atoms with van der Waals surface area (Å²) in [5, 5.41) is 13.4. The summed E-state index contributed by atoms with van der Waals surface area (Å²) in [6.07, 6.45) is 0. The van der Waals surface area contributed by atoms with Gasteiger partial charge in [0.25, 0.3) is 0 Å². The van der Waals surface area contributed by atoms with Gasteiger partial charge in [-0.2, -0.15) is 5.10 Å². The van der Waals surface area contributed by atoms with E-state index >= 15 is 0 Å². The van der Waals surface area contributed by atoms with Crippen molar-refractivity contribution in [2.24, 2.45) is 0 Å². The van der Waals surface area contributed by atoms with E-state index in [1.807, 2.05) is 26.0 Å². The van der Waals surface area contributed by atoms with Crippen molar-refractivity contribution >= 4 is 23.5 Å². The van der Waals surface area contributed by atoms with Gasteiger partial charge in [0.05, 0.1) is 29.2 Å². The maximum atomic E-state index is 12.8. The molecular weight excluding hydrogens is 390 g/mol. The van der Waals surface area contributed by atoms with Crippen LogP contribution in [0.1, 0.15) is 50.4 Å². The number of H-pyrrole nitrogens is 1. The number of nitrogens with zero attached hydrogens (tertiary/aromatic N) is 4.